The Kier molecular flexibility index (Phi) is 4.87. The minimum Gasteiger partial charge on any atom is -0.481 e. The first-order valence-corrected chi connectivity index (χ1v) is 7.93. The van der Waals surface area contributed by atoms with Crippen molar-refractivity contribution in [1.82, 2.24) is 4.90 Å². The molecule has 1 saturated heterocycles. The molecule has 0 bridgehead atoms. The van der Waals surface area contributed by atoms with Crippen LogP contribution in [-0.2, 0) is 9.53 Å². The summed E-state index contributed by atoms with van der Waals surface area (Å²) in [5.74, 6) is -1.25. The molecule has 2 rings (SSSR count). The van der Waals surface area contributed by atoms with Crippen LogP contribution in [0.4, 0.5) is 9.18 Å². The van der Waals surface area contributed by atoms with E-state index in [9.17, 15) is 19.1 Å². The normalized spacial score (nSPS) is 25.4. The second-order valence-electron chi connectivity index (χ2n) is 7.61. The molecule has 132 valence electrons. The summed E-state index contributed by atoms with van der Waals surface area (Å²) in [6.45, 7) is 6.68. The monoisotopic (exact) mass is 337 g/mol. The van der Waals surface area contributed by atoms with E-state index in [1.807, 2.05) is 51.1 Å². The maximum absolute atomic E-state index is 14.1. The highest BCUT2D eigenvalue weighted by Crippen LogP contribution is 2.38. The van der Waals surface area contributed by atoms with Crippen LogP contribution >= 0.6 is 0 Å². The van der Waals surface area contributed by atoms with Gasteiger partial charge in [0.05, 0.1) is 6.54 Å². The van der Waals surface area contributed by atoms with Gasteiger partial charge in [-0.3, -0.25) is 4.79 Å². The highest BCUT2D eigenvalue weighted by molar-refractivity contribution is 5.78. The molecule has 0 saturated carbocycles. The second kappa shape index (κ2) is 6.42. The van der Waals surface area contributed by atoms with Gasteiger partial charge in [-0.15, -0.1) is 0 Å². The number of halogens is 1. The lowest BCUT2D eigenvalue weighted by Gasteiger charge is -2.32. The zero-order valence-electron chi connectivity index (χ0n) is 14.5. The molecule has 1 aromatic rings. The Labute approximate surface area is 141 Å². The fourth-order valence-corrected chi connectivity index (χ4v) is 2.84. The van der Waals surface area contributed by atoms with Gasteiger partial charge in [0.25, 0.3) is 0 Å². The van der Waals surface area contributed by atoms with Crippen molar-refractivity contribution in [3.8, 4) is 0 Å². The Morgan fingerprint density at radius 3 is 2.38 bits per heavy atom. The van der Waals surface area contributed by atoms with Crippen molar-refractivity contribution in [1.29, 1.82) is 0 Å². The Hall–Kier alpha value is -2.11. The van der Waals surface area contributed by atoms with E-state index in [1.165, 1.54) is 6.92 Å². The molecule has 5 nitrogen and oxygen atoms in total. The molecule has 1 aliphatic heterocycles. The molecule has 2 unspecified atom stereocenters. The van der Waals surface area contributed by atoms with Crippen molar-refractivity contribution in [3.05, 3.63) is 35.9 Å². The van der Waals surface area contributed by atoms with E-state index in [1.54, 1.807) is 0 Å². The van der Waals surface area contributed by atoms with Gasteiger partial charge in [-0.2, -0.15) is 0 Å². The van der Waals surface area contributed by atoms with Crippen LogP contribution in [0.2, 0.25) is 0 Å². The fourth-order valence-electron chi connectivity index (χ4n) is 2.84. The lowest BCUT2D eigenvalue weighted by molar-refractivity contribution is -0.149. The summed E-state index contributed by atoms with van der Waals surface area (Å²) in [6, 6.07) is 9.32. The second-order valence-corrected chi connectivity index (χ2v) is 7.61. The van der Waals surface area contributed by atoms with Gasteiger partial charge in [0.2, 0.25) is 0 Å². The number of hydrogen-bond acceptors (Lipinski definition) is 3. The number of nitrogens with zero attached hydrogens (tertiary/aromatic N) is 1. The molecule has 1 N–H and O–H groups in total. The number of ether oxygens (including phenoxy) is 1. The Bertz CT molecular complexity index is 613. The molecule has 0 aliphatic carbocycles. The molecule has 0 radical (unpaired) electrons. The van der Waals surface area contributed by atoms with Crippen LogP contribution in [0, 0.1) is 10.8 Å². The van der Waals surface area contributed by atoms with Crippen LogP contribution in [-0.4, -0.2) is 41.3 Å². The van der Waals surface area contributed by atoms with E-state index >= 15 is 0 Å². The number of carbonyl (C=O) groups excluding carboxylic acids is 1. The number of hydrogen-bond donors (Lipinski definition) is 1. The van der Waals surface area contributed by atoms with Crippen molar-refractivity contribution in [2.75, 3.05) is 13.1 Å². The number of alkyl halides is 1. The van der Waals surface area contributed by atoms with E-state index in [0.29, 0.717) is 0 Å². The molecule has 3 atom stereocenters. The van der Waals surface area contributed by atoms with E-state index in [2.05, 4.69) is 0 Å². The summed E-state index contributed by atoms with van der Waals surface area (Å²) in [5.41, 5.74) is -1.11. The highest BCUT2D eigenvalue weighted by Gasteiger charge is 2.51. The molecule has 1 aromatic carbocycles. The van der Waals surface area contributed by atoms with Gasteiger partial charge in [0.15, 0.2) is 0 Å². The SMILES string of the molecule is CC(C)(C)C(OC(=O)N1CC(F)[C@](C)(C(=O)O)C1)c1ccccc1. The van der Waals surface area contributed by atoms with Crippen molar-refractivity contribution in [2.45, 2.75) is 40.0 Å². The van der Waals surface area contributed by atoms with Crippen molar-refractivity contribution >= 4 is 12.1 Å². The molecule has 1 fully saturated rings. The summed E-state index contributed by atoms with van der Waals surface area (Å²) in [5, 5.41) is 9.21. The first-order chi connectivity index (χ1) is 11.1. The third-order valence-electron chi connectivity index (χ3n) is 4.45. The molecule has 0 aromatic heterocycles. The summed E-state index contributed by atoms with van der Waals surface area (Å²) in [4.78, 5) is 24.9. The lowest BCUT2D eigenvalue weighted by Crippen LogP contribution is -2.38. The number of amides is 1. The van der Waals surface area contributed by atoms with Crippen molar-refractivity contribution in [2.24, 2.45) is 10.8 Å². The van der Waals surface area contributed by atoms with Gasteiger partial charge >= 0.3 is 12.1 Å². The summed E-state index contributed by atoms with van der Waals surface area (Å²) < 4.78 is 19.7. The number of carboxylic acid groups (broad SMARTS) is 1. The molecule has 1 amide bonds. The van der Waals surface area contributed by atoms with Gasteiger partial charge in [0, 0.05) is 12.0 Å². The van der Waals surface area contributed by atoms with E-state index in [0.717, 1.165) is 10.5 Å². The average molecular weight is 337 g/mol. The first-order valence-electron chi connectivity index (χ1n) is 7.93. The molecule has 24 heavy (non-hydrogen) atoms. The van der Waals surface area contributed by atoms with Gasteiger partial charge in [0.1, 0.15) is 17.7 Å². The predicted octanol–water partition coefficient (Wildman–Crippen LogP) is 3.66. The topological polar surface area (TPSA) is 66.8 Å². The molecular formula is C18H24FNO4. The van der Waals surface area contributed by atoms with Crippen LogP contribution in [0.3, 0.4) is 0 Å². The van der Waals surface area contributed by atoms with Crippen LogP contribution in [0.15, 0.2) is 30.3 Å². The Morgan fingerprint density at radius 2 is 1.92 bits per heavy atom. The largest absolute Gasteiger partial charge is 0.481 e. The van der Waals surface area contributed by atoms with Crippen molar-refractivity contribution in [3.63, 3.8) is 0 Å². The van der Waals surface area contributed by atoms with Gasteiger partial charge in [-0.25, -0.2) is 9.18 Å². The average Bonchev–Trinajstić information content (AvgIpc) is 2.81. The molecule has 0 spiro atoms. The number of rotatable bonds is 3. The lowest BCUT2D eigenvalue weighted by atomic mass is 9.84. The predicted molar refractivity (Wildman–Crippen MR) is 87.3 cm³/mol. The first kappa shape index (κ1) is 18.2. The summed E-state index contributed by atoms with van der Waals surface area (Å²) in [7, 11) is 0. The number of carbonyl (C=O) groups is 2. The molecule has 1 heterocycles. The zero-order valence-corrected chi connectivity index (χ0v) is 14.5. The maximum Gasteiger partial charge on any atom is 0.410 e. The smallest absolute Gasteiger partial charge is 0.410 e. The minimum absolute atomic E-state index is 0.200. The number of aliphatic carboxylic acids is 1. The van der Waals surface area contributed by atoms with E-state index in [4.69, 9.17) is 4.74 Å². The highest BCUT2D eigenvalue weighted by atomic mass is 19.1. The van der Waals surface area contributed by atoms with E-state index in [-0.39, 0.29) is 18.5 Å². The minimum atomic E-state index is -1.62. The molecular weight excluding hydrogens is 313 g/mol. The summed E-state index contributed by atoms with van der Waals surface area (Å²) >= 11 is 0. The summed E-state index contributed by atoms with van der Waals surface area (Å²) in [6.07, 6.45) is -2.82. The molecule has 1 aliphatic rings. The zero-order chi connectivity index (χ0) is 18.1. The number of carboxylic acids is 1. The van der Waals surface area contributed by atoms with Crippen LogP contribution in [0.1, 0.15) is 39.4 Å². The maximum atomic E-state index is 14.1. The number of benzene rings is 1. The quantitative estimate of drug-likeness (QED) is 0.914. The fraction of sp³-hybridized carbons (Fsp3) is 0.556. The van der Waals surface area contributed by atoms with Gasteiger partial charge in [-0.1, -0.05) is 51.1 Å². The third-order valence-corrected chi connectivity index (χ3v) is 4.45. The van der Waals surface area contributed by atoms with Crippen molar-refractivity contribution < 1.29 is 23.8 Å². The van der Waals surface area contributed by atoms with Gasteiger partial charge < -0.3 is 14.7 Å². The Balaban J connectivity index is 2.17. The van der Waals surface area contributed by atoms with Crippen LogP contribution < -0.4 is 0 Å². The van der Waals surface area contributed by atoms with Gasteiger partial charge in [-0.05, 0) is 12.5 Å². The molecule has 6 heteroatoms. The standard InChI is InChI=1S/C18H24FNO4/c1-17(2,3)14(12-8-6-5-7-9-12)24-16(23)20-10-13(19)18(4,11-20)15(21)22/h5-9,13-14H,10-11H2,1-4H3,(H,21,22)/t13?,14?,18-/m1/s1. The van der Waals surface area contributed by atoms with Crippen LogP contribution in [0.25, 0.3) is 0 Å². The number of likely N-dealkylation sites (tertiary alicyclic amines) is 1. The van der Waals surface area contributed by atoms with Crippen LogP contribution in [0.5, 0.6) is 0 Å². The van der Waals surface area contributed by atoms with E-state index < -0.39 is 29.8 Å². The third kappa shape index (κ3) is 3.52. The Morgan fingerprint density at radius 1 is 1.33 bits per heavy atom.